The van der Waals surface area contributed by atoms with Crippen LogP contribution in [0, 0.1) is 0 Å². The first-order valence-corrected chi connectivity index (χ1v) is 6.59. The Hall–Kier alpha value is -1.06. The van der Waals surface area contributed by atoms with E-state index in [-0.39, 0.29) is 0 Å². The summed E-state index contributed by atoms with van der Waals surface area (Å²) >= 11 is 3.45. The third-order valence-electron chi connectivity index (χ3n) is 2.75. The van der Waals surface area contributed by atoms with Crippen LogP contribution in [0.5, 0.6) is 0 Å². The fourth-order valence-electron chi connectivity index (χ4n) is 1.88. The maximum Gasteiger partial charge on any atom is 0.0950 e. The van der Waals surface area contributed by atoms with Gasteiger partial charge in [0.05, 0.1) is 12.5 Å². The largest absolute Gasteiger partial charge is 0.472 e. The van der Waals surface area contributed by atoms with E-state index in [4.69, 9.17) is 4.42 Å². The minimum absolute atomic E-state index is 0.319. The lowest BCUT2D eigenvalue weighted by Crippen LogP contribution is -2.22. The summed E-state index contributed by atoms with van der Waals surface area (Å²) in [6.07, 6.45) is 4.51. The highest BCUT2D eigenvalue weighted by Crippen LogP contribution is 2.20. The molecule has 90 valence electrons. The second-order valence-electron chi connectivity index (χ2n) is 4.00. The smallest absolute Gasteiger partial charge is 0.0950 e. The van der Waals surface area contributed by atoms with Gasteiger partial charge in [-0.15, -0.1) is 0 Å². The number of halogens is 1. The summed E-state index contributed by atoms with van der Waals surface area (Å²) in [6, 6.07) is 10.8. The minimum atomic E-state index is 0.319. The van der Waals surface area contributed by atoms with Crippen molar-refractivity contribution in [2.24, 2.45) is 0 Å². The molecule has 0 bridgehead atoms. The Morgan fingerprint density at radius 1 is 1.24 bits per heavy atom. The van der Waals surface area contributed by atoms with E-state index in [9.17, 15) is 0 Å². The van der Waals surface area contributed by atoms with E-state index in [0.717, 1.165) is 17.4 Å². The fourth-order valence-corrected chi connectivity index (χ4v) is 2.15. The summed E-state index contributed by atoms with van der Waals surface area (Å²) in [5, 5.41) is 3.48. The minimum Gasteiger partial charge on any atom is -0.472 e. The van der Waals surface area contributed by atoms with Crippen LogP contribution in [0.15, 0.2) is 51.7 Å². The first-order valence-electron chi connectivity index (χ1n) is 5.79. The van der Waals surface area contributed by atoms with Crippen LogP contribution in [0.1, 0.15) is 24.1 Å². The van der Waals surface area contributed by atoms with Gasteiger partial charge in [-0.05, 0) is 36.7 Å². The van der Waals surface area contributed by atoms with E-state index in [1.807, 2.05) is 12.3 Å². The molecule has 2 nitrogen and oxygen atoms in total. The molecular weight excluding hydrogens is 278 g/mol. The van der Waals surface area contributed by atoms with Crippen molar-refractivity contribution in [2.75, 3.05) is 6.54 Å². The predicted octanol–water partition coefficient (Wildman–Crippen LogP) is 3.94. The lowest BCUT2D eigenvalue weighted by molar-refractivity contribution is 0.525. The average Bonchev–Trinajstić information content (AvgIpc) is 2.85. The van der Waals surface area contributed by atoms with Gasteiger partial charge in [0.2, 0.25) is 0 Å². The fraction of sp³-hybridized carbons (Fsp3) is 0.286. The molecule has 2 rings (SSSR count). The lowest BCUT2D eigenvalue weighted by Gasteiger charge is -2.16. The first-order chi connectivity index (χ1) is 8.29. The predicted molar refractivity (Wildman–Crippen MR) is 73.0 cm³/mol. The number of furan rings is 1. The maximum absolute atomic E-state index is 5.15. The Labute approximate surface area is 110 Å². The molecule has 0 spiro atoms. The van der Waals surface area contributed by atoms with E-state index >= 15 is 0 Å². The molecule has 1 unspecified atom stereocenters. The topological polar surface area (TPSA) is 25.2 Å². The number of hydrogen-bond donors (Lipinski definition) is 1. The van der Waals surface area contributed by atoms with Crippen molar-refractivity contribution in [1.82, 2.24) is 5.32 Å². The van der Waals surface area contributed by atoms with Gasteiger partial charge >= 0.3 is 0 Å². The third kappa shape index (κ3) is 3.45. The van der Waals surface area contributed by atoms with Crippen molar-refractivity contribution in [3.8, 4) is 0 Å². The Kier molecular flexibility index (Phi) is 4.40. The molecule has 0 aliphatic rings. The Balaban J connectivity index is 2.10. The van der Waals surface area contributed by atoms with Crippen LogP contribution in [0.2, 0.25) is 0 Å². The van der Waals surface area contributed by atoms with E-state index in [1.54, 1.807) is 6.26 Å². The van der Waals surface area contributed by atoms with Gasteiger partial charge in [-0.25, -0.2) is 0 Å². The summed E-state index contributed by atoms with van der Waals surface area (Å²) < 4.78 is 6.27. The highest BCUT2D eigenvalue weighted by molar-refractivity contribution is 9.10. The molecule has 2 aromatic rings. The second kappa shape index (κ2) is 6.03. The number of benzene rings is 1. The molecule has 1 heterocycles. The Morgan fingerprint density at radius 2 is 2.00 bits per heavy atom. The molecule has 0 saturated carbocycles. The van der Waals surface area contributed by atoms with E-state index < -0.39 is 0 Å². The molecule has 3 heteroatoms. The summed E-state index contributed by atoms with van der Waals surface area (Å²) in [6.45, 7) is 3.07. The van der Waals surface area contributed by atoms with Gasteiger partial charge in [0.1, 0.15) is 0 Å². The highest BCUT2D eigenvalue weighted by atomic mass is 79.9. The van der Waals surface area contributed by atoms with Crippen molar-refractivity contribution in [3.05, 3.63) is 58.5 Å². The second-order valence-corrected chi connectivity index (χ2v) is 4.91. The van der Waals surface area contributed by atoms with Gasteiger partial charge in [-0.1, -0.05) is 35.0 Å². The van der Waals surface area contributed by atoms with Gasteiger partial charge in [-0.3, -0.25) is 0 Å². The van der Waals surface area contributed by atoms with Crippen LogP contribution < -0.4 is 5.32 Å². The van der Waals surface area contributed by atoms with Crippen LogP contribution in [-0.4, -0.2) is 6.54 Å². The van der Waals surface area contributed by atoms with Gasteiger partial charge in [0, 0.05) is 16.1 Å². The maximum atomic E-state index is 5.15. The van der Waals surface area contributed by atoms with Gasteiger partial charge in [0.15, 0.2) is 0 Å². The van der Waals surface area contributed by atoms with Crippen LogP contribution in [0.25, 0.3) is 0 Å². The van der Waals surface area contributed by atoms with E-state index in [1.165, 1.54) is 11.1 Å². The number of likely N-dealkylation sites (N-methyl/N-ethyl adjacent to an activating group) is 1. The SMILES string of the molecule is CCNC(Cc1ccc(Br)cc1)c1ccoc1. The molecule has 0 saturated heterocycles. The molecule has 1 aromatic heterocycles. The molecule has 0 fully saturated rings. The van der Waals surface area contributed by atoms with E-state index in [2.05, 4.69) is 52.4 Å². The molecule has 0 amide bonds. The van der Waals surface area contributed by atoms with Crippen LogP contribution in [-0.2, 0) is 6.42 Å². The standard InChI is InChI=1S/C14H16BrNO/c1-2-16-14(12-7-8-17-10-12)9-11-3-5-13(15)6-4-11/h3-8,10,14,16H,2,9H2,1H3. The van der Waals surface area contributed by atoms with Gasteiger partial charge in [-0.2, -0.15) is 0 Å². The molecule has 1 atom stereocenters. The molecule has 0 aliphatic carbocycles. The van der Waals surface area contributed by atoms with Crippen LogP contribution in [0.3, 0.4) is 0 Å². The normalized spacial score (nSPS) is 12.6. The molecule has 0 aliphatic heterocycles. The Bertz CT molecular complexity index is 436. The summed E-state index contributed by atoms with van der Waals surface area (Å²) in [4.78, 5) is 0. The first kappa shape index (κ1) is 12.4. The third-order valence-corrected chi connectivity index (χ3v) is 3.28. The van der Waals surface area contributed by atoms with Crippen molar-refractivity contribution >= 4 is 15.9 Å². The molecule has 1 N–H and O–H groups in total. The van der Waals surface area contributed by atoms with Crippen molar-refractivity contribution in [1.29, 1.82) is 0 Å². The number of hydrogen-bond acceptors (Lipinski definition) is 2. The van der Waals surface area contributed by atoms with Crippen LogP contribution in [0.4, 0.5) is 0 Å². The zero-order valence-corrected chi connectivity index (χ0v) is 11.4. The zero-order valence-electron chi connectivity index (χ0n) is 9.82. The monoisotopic (exact) mass is 293 g/mol. The molecular formula is C14H16BrNO. The number of rotatable bonds is 5. The number of nitrogens with one attached hydrogen (secondary N) is 1. The highest BCUT2D eigenvalue weighted by Gasteiger charge is 2.11. The quantitative estimate of drug-likeness (QED) is 0.903. The lowest BCUT2D eigenvalue weighted by atomic mass is 10.0. The van der Waals surface area contributed by atoms with E-state index in [0.29, 0.717) is 6.04 Å². The summed E-state index contributed by atoms with van der Waals surface area (Å²) in [5.74, 6) is 0. The molecule has 1 aromatic carbocycles. The van der Waals surface area contributed by atoms with Crippen molar-refractivity contribution in [3.63, 3.8) is 0 Å². The summed E-state index contributed by atoms with van der Waals surface area (Å²) in [7, 11) is 0. The van der Waals surface area contributed by atoms with Crippen molar-refractivity contribution in [2.45, 2.75) is 19.4 Å². The summed E-state index contributed by atoms with van der Waals surface area (Å²) in [5.41, 5.74) is 2.52. The molecule has 17 heavy (non-hydrogen) atoms. The zero-order chi connectivity index (χ0) is 12.1. The van der Waals surface area contributed by atoms with Gasteiger partial charge in [0.25, 0.3) is 0 Å². The van der Waals surface area contributed by atoms with Crippen molar-refractivity contribution < 1.29 is 4.42 Å². The Morgan fingerprint density at radius 3 is 2.59 bits per heavy atom. The molecule has 0 radical (unpaired) electrons. The average molecular weight is 294 g/mol. The van der Waals surface area contributed by atoms with Gasteiger partial charge < -0.3 is 9.73 Å². The van der Waals surface area contributed by atoms with Crippen LogP contribution >= 0.6 is 15.9 Å².